The number of ether oxygens (including phenoxy) is 3. The van der Waals surface area contributed by atoms with E-state index in [1.807, 2.05) is 48.5 Å². The molecule has 28 nitrogen and oxygen atoms in total. The second kappa shape index (κ2) is 28.6. The van der Waals surface area contributed by atoms with E-state index in [1.54, 1.807) is 51.3 Å². The molecule has 0 saturated heterocycles. The van der Waals surface area contributed by atoms with Gasteiger partial charge in [0.1, 0.15) is 80.7 Å². The molecular formula is C57H66ClF3N18O10. The second-order valence-electron chi connectivity index (χ2n) is 22.9. The molecule has 0 radical (unpaired) electrons. The zero-order chi connectivity index (χ0) is 65.9. The Hall–Kier alpha value is -10.0. The van der Waals surface area contributed by atoms with Crippen LogP contribution in [0.25, 0.3) is 51.5 Å². The molecule has 9 heterocycles. The van der Waals surface area contributed by atoms with Crippen LogP contribution in [0, 0.1) is 37.7 Å². The molecule has 0 aliphatic rings. The fraction of sp³-hybridized carbons (Fsp3) is 0.368. The van der Waals surface area contributed by atoms with Gasteiger partial charge in [-0.15, -0.1) is 0 Å². The van der Waals surface area contributed by atoms with Crippen molar-refractivity contribution in [3.63, 3.8) is 0 Å². The number of nitrogens with one attached hydrogen (secondary N) is 2. The fourth-order valence-corrected chi connectivity index (χ4v) is 8.01. The van der Waals surface area contributed by atoms with Gasteiger partial charge in [0.25, 0.3) is 0 Å². The van der Waals surface area contributed by atoms with Crippen LogP contribution in [0.5, 0.6) is 0 Å². The lowest BCUT2D eigenvalue weighted by Crippen LogP contribution is -2.28. The summed E-state index contributed by atoms with van der Waals surface area (Å²) in [5.41, 5.74) is 12.2. The lowest BCUT2D eigenvalue weighted by Gasteiger charge is -2.21. The van der Waals surface area contributed by atoms with Gasteiger partial charge in [0.15, 0.2) is 23.3 Å². The van der Waals surface area contributed by atoms with Crippen molar-refractivity contribution >= 4 is 75.1 Å². The minimum Gasteiger partial charge on any atom is -0.460 e. The SMILES string of the molecule is C[C@@H](N)CC(=O)OC(C)(C)C.C[C@H](CC(=O)OC(C)(C)C)Nc1nc(-c2cnc3ccc(F)cn23)ncc1N.C[C@H](CC(=O)OC(C)(C)C)Nc1nc(-c2cnc3ccc(F)cn23)ncc1[N+](=O)[O-].O=[N+]([O-])c1cnc(-c2cnc3ccc(F)cn23)nc1Cl. The van der Waals surface area contributed by atoms with E-state index in [9.17, 15) is 47.8 Å². The van der Waals surface area contributed by atoms with E-state index in [0.717, 1.165) is 12.4 Å². The van der Waals surface area contributed by atoms with Gasteiger partial charge >= 0.3 is 29.3 Å². The molecule has 0 aliphatic carbocycles. The van der Waals surface area contributed by atoms with Crippen molar-refractivity contribution in [3.8, 4) is 34.6 Å². The smallest absolute Gasteiger partial charge is 0.329 e. The third-order valence-corrected chi connectivity index (χ3v) is 11.5. The maximum absolute atomic E-state index is 13.6. The molecule has 0 unspecified atom stereocenters. The van der Waals surface area contributed by atoms with Crippen LogP contribution < -0.4 is 22.1 Å². The average molecular weight is 1260 g/mol. The monoisotopic (exact) mass is 1250 g/mol. The second-order valence-corrected chi connectivity index (χ2v) is 23.3. The highest BCUT2D eigenvalue weighted by Gasteiger charge is 2.26. The van der Waals surface area contributed by atoms with Crippen LogP contribution in [0.4, 0.5) is 41.9 Å². The van der Waals surface area contributed by atoms with Gasteiger partial charge in [-0.25, -0.2) is 58.0 Å². The molecule has 9 aromatic rings. The molecule has 9 aromatic heterocycles. The highest BCUT2D eigenvalue weighted by Crippen LogP contribution is 2.29. The lowest BCUT2D eigenvalue weighted by molar-refractivity contribution is -0.385. The number of carbonyl (C=O) groups is 3. The van der Waals surface area contributed by atoms with Gasteiger partial charge in [-0.2, -0.15) is 0 Å². The average Bonchev–Trinajstić information content (AvgIpc) is 2.11. The standard InChI is InChI=1S/C19H21FN6O4.C19H23FN6O2.C11H5ClFN5O2.C8H17NO2/c1-11(7-16(27)30-19(2,3)4)23-18-14(26(28)29)9-22-17(24-18)13-8-21-15-6-5-12(20)10-25(13)15;1-11(7-16(27)28-19(2,3)4)24-17-13(21)8-23-18(25-17)14-9-22-15-6-5-12(20)10-26(14)15;12-10-7(18(19)20)3-15-11(16-10)8-4-14-9-2-1-6(13)5-17(8)9;1-6(9)5-7(10)11-8(2,3)4/h5-6,8-11H,7H2,1-4H3,(H,22,23,24);5-6,8-11H,7,21H2,1-4H3,(H,23,24,25);1-5H;6H,5,9H2,1-4H3/t2*11-;;6-/m11.1/s1. The van der Waals surface area contributed by atoms with Gasteiger partial charge in [-0.1, -0.05) is 11.6 Å². The fourth-order valence-electron chi connectivity index (χ4n) is 7.81. The molecule has 0 amide bonds. The van der Waals surface area contributed by atoms with Gasteiger partial charge < -0.3 is 36.3 Å². The minimum absolute atomic E-state index is 0.0193. The number of esters is 3. The van der Waals surface area contributed by atoms with E-state index in [4.69, 9.17) is 37.3 Å². The molecule has 0 saturated carbocycles. The summed E-state index contributed by atoms with van der Waals surface area (Å²) in [7, 11) is 0. The van der Waals surface area contributed by atoms with Crippen LogP contribution >= 0.6 is 11.6 Å². The topological polar surface area (TPSA) is 371 Å². The molecule has 0 aromatic carbocycles. The van der Waals surface area contributed by atoms with Crippen molar-refractivity contribution in [1.29, 1.82) is 0 Å². The Morgan fingerprint density at radius 2 is 0.876 bits per heavy atom. The molecule has 0 fully saturated rings. The Morgan fingerprint density at radius 3 is 1.24 bits per heavy atom. The predicted molar refractivity (Wildman–Crippen MR) is 322 cm³/mol. The number of halogens is 4. The molecule has 0 aliphatic heterocycles. The first-order valence-corrected chi connectivity index (χ1v) is 27.5. The highest BCUT2D eigenvalue weighted by molar-refractivity contribution is 6.31. The van der Waals surface area contributed by atoms with E-state index in [-0.39, 0.29) is 71.6 Å². The minimum atomic E-state index is -0.680. The Morgan fingerprint density at radius 1 is 0.539 bits per heavy atom. The van der Waals surface area contributed by atoms with Crippen molar-refractivity contribution in [1.82, 2.24) is 58.1 Å². The van der Waals surface area contributed by atoms with Crippen molar-refractivity contribution in [2.75, 3.05) is 16.4 Å². The van der Waals surface area contributed by atoms with Gasteiger partial charge in [-0.05, 0) is 119 Å². The number of nitrogens with two attached hydrogens (primary N) is 2. The number of carbonyl (C=O) groups excluding carboxylic acids is 3. The van der Waals surface area contributed by atoms with Crippen LogP contribution in [-0.4, -0.2) is 121 Å². The first-order valence-electron chi connectivity index (χ1n) is 27.2. The number of imidazole rings is 3. The predicted octanol–water partition coefficient (Wildman–Crippen LogP) is 9.97. The lowest BCUT2D eigenvalue weighted by atomic mass is 10.2. The third-order valence-electron chi connectivity index (χ3n) is 11.3. The number of rotatable bonds is 15. The van der Waals surface area contributed by atoms with E-state index in [2.05, 4.69) is 55.5 Å². The molecule has 89 heavy (non-hydrogen) atoms. The Kier molecular flexibility index (Phi) is 21.9. The molecular weight excluding hydrogens is 1190 g/mol. The number of nitrogen functional groups attached to an aromatic ring is 1. The van der Waals surface area contributed by atoms with Crippen molar-refractivity contribution < 1.29 is 51.6 Å². The summed E-state index contributed by atoms with van der Waals surface area (Å²) in [4.78, 5) is 92.8. The Labute approximate surface area is 512 Å². The first-order chi connectivity index (χ1) is 41.5. The number of nitro groups is 2. The number of aromatic nitrogens is 12. The summed E-state index contributed by atoms with van der Waals surface area (Å²) in [5, 5.41) is 27.7. The number of hydrogen-bond acceptors (Lipinski definition) is 23. The van der Waals surface area contributed by atoms with Crippen LogP contribution in [0.15, 0.2) is 92.2 Å². The molecule has 0 bridgehead atoms. The van der Waals surface area contributed by atoms with Gasteiger partial charge in [0, 0.05) is 36.7 Å². The normalized spacial score (nSPS) is 12.5. The molecule has 3 atom stereocenters. The molecule has 472 valence electrons. The number of hydrogen-bond donors (Lipinski definition) is 4. The number of fused-ring (bicyclic) bond motifs is 3. The largest absolute Gasteiger partial charge is 0.460 e. The number of anilines is 3. The van der Waals surface area contributed by atoms with Crippen LogP contribution in [0.3, 0.4) is 0 Å². The summed E-state index contributed by atoms with van der Waals surface area (Å²) < 4.78 is 60.6. The Bertz CT molecular complexity index is 4030. The van der Waals surface area contributed by atoms with Gasteiger partial charge in [0.2, 0.25) is 11.0 Å². The summed E-state index contributed by atoms with van der Waals surface area (Å²) >= 11 is 5.73. The quantitative estimate of drug-likeness (QED) is 0.0244. The van der Waals surface area contributed by atoms with Crippen molar-refractivity contribution in [2.24, 2.45) is 5.73 Å². The molecule has 0 spiro atoms. The van der Waals surface area contributed by atoms with E-state index < -0.39 is 61.8 Å². The number of pyridine rings is 3. The van der Waals surface area contributed by atoms with Crippen molar-refractivity contribution in [3.05, 3.63) is 135 Å². The summed E-state index contributed by atoms with van der Waals surface area (Å²) in [6.45, 7) is 21.5. The van der Waals surface area contributed by atoms with Crippen molar-refractivity contribution in [2.45, 2.75) is 137 Å². The first kappa shape index (κ1) is 68.1. The van der Waals surface area contributed by atoms with Crippen LogP contribution in [-0.2, 0) is 28.6 Å². The maximum atomic E-state index is 13.6. The molecule has 32 heteroatoms. The highest BCUT2D eigenvalue weighted by atomic mass is 35.5. The zero-order valence-corrected chi connectivity index (χ0v) is 51.3. The number of nitrogens with zero attached hydrogens (tertiary/aromatic N) is 14. The van der Waals surface area contributed by atoms with E-state index >= 15 is 0 Å². The molecule has 6 N–H and O–H groups in total. The summed E-state index contributed by atoms with van der Waals surface area (Å²) in [5.74, 6) is -1.44. The maximum Gasteiger partial charge on any atom is 0.329 e. The van der Waals surface area contributed by atoms with E-state index in [0.29, 0.717) is 51.4 Å². The third kappa shape index (κ3) is 20.0. The van der Waals surface area contributed by atoms with Crippen LogP contribution in [0.2, 0.25) is 5.15 Å². The Balaban J connectivity index is 0.000000199. The summed E-state index contributed by atoms with van der Waals surface area (Å²) in [6.07, 6.45) is 12.1. The summed E-state index contributed by atoms with van der Waals surface area (Å²) in [6, 6.07) is 7.55. The van der Waals surface area contributed by atoms with Gasteiger partial charge in [-0.3, -0.25) is 47.8 Å². The molecule has 9 rings (SSSR count). The zero-order valence-electron chi connectivity index (χ0n) is 50.5. The van der Waals surface area contributed by atoms with Crippen LogP contribution in [0.1, 0.15) is 102 Å². The van der Waals surface area contributed by atoms with Gasteiger partial charge in [0.05, 0.1) is 59.6 Å². The van der Waals surface area contributed by atoms with E-state index in [1.165, 1.54) is 76.3 Å².